The van der Waals surface area contributed by atoms with Crippen molar-refractivity contribution < 1.29 is 32.5 Å². The Morgan fingerprint density at radius 1 is 0.731 bits per heavy atom. The van der Waals surface area contributed by atoms with Gasteiger partial charge in [-0.05, 0) is 72.9 Å². The zero-order valence-corrected chi connectivity index (χ0v) is 33.0. The van der Waals surface area contributed by atoms with Crippen molar-refractivity contribution in [2.75, 3.05) is 11.3 Å². The van der Waals surface area contributed by atoms with E-state index in [-0.39, 0.29) is 61.4 Å². The average molecular weight is 734 g/mol. The van der Waals surface area contributed by atoms with Crippen LogP contribution in [0, 0.1) is 16.2 Å². The lowest BCUT2D eigenvalue weighted by molar-refractivity contribution is -0.139. The summed E-state index contributed by atoms with van der Waals surface area (Å²) in [6, 6.07) is 15.2. The third kappa shape index (κ3) is 8.46. The van der Waals surface area contributed by atoms with Gasteiger partial charge >= 0.3 is 5.97 Å². The molecule has 0 aliphatic rings. The molecule has 2 aromatic carbocycles. The van der Waals surface area contributed by atoms with Gasteiger partial charge in [-0.2, -0.15) is 4.98 Å². The van der Waals surface area contributed by atoms with Crippen molar-refractivity contribution >= 4 is 21.8 Å². The Hall–Kier alpha value is -4.78. The van der Waals surface area contributed by atoms with Crippen molar-refractivity contribution in [3.8, 4) is 34.8 Å². The largest absolute Gasteiger partial charge is 0.484 e. The molecule has 0 bridgehead atoms. The van der Waals surface area contributed by atoms with Gasteiger partial charge in [0, 0.05) is 17.8 Å². The first-order valence-electron chi connectivity index (χ1n) is 17.0. The molecular formula is C39H51N5O7S. The third-order valence-corrected chi connectivity index (χ3v) is 9.97. The third-order valence-electron chi connectivity index (χ3n) is 8.61. The Balaban J connectivity index is 1.91. The van der Waals surface area contributed by atoms with Gasteiger partial charge in [-0.3, -0.25) is 4.72 Å². The molecule has 0 saturated carbocycles. The van der Waals surface area contributed by atoms with Gasteiger partial charge in [0.1, 0.15) is 5.60 Å². The average Bonchev–Trinajstić information content (AvgIpc) is 3.00. The van der Waals surface area contributed by atoms with E-state index in [1.807, 2.05) is 32.9 Å². The number of anilines is 1. The number of carboxylic acid groups (broad SMARTS) is 1. The smallest absolute Gasteiger partial charge is 0.341 e. The highest BCUT2D eigenvalue weighted by Gasteiger charge is 2.58. The Labute approximate surface area is 307 Å². The van der Waals surface area contributed by atoms with E-state index < -0.39 is 28.2 Å². The van der Waals surface area contributed by atoms with Crippen LogP contribution >= 0.6 is 0 Å². The molecular weight excluding hydrogens is 683 g/mol. The number of nitrogens with one attached hydrogen (secondary N) is 1. The van der Waals surface area contributed by atoms with Crippen molar-refractivity contribution in [1.82, 2.24) is 19.9 Å². The molecule has 0 spiro atoms. The molecule has 2 aromatic heterocycles. The SMILES string of the molecule is CC(C)(C)Oc1ccccc1Oc1c(NS(=O)(=O)c2ccc(C(C(C)(C)C)(C(C)(C)C)C(C)(C)C)cc2)nc(-c2ncccn2)nc1OCC(=O)O. The van der Waals surface area contributed by atoms with Crippen molar-refractivity contribution in [3.63, 3.8) is 0 Å². The van der Waals surface area contributed by atoms with Gasteiger partial charge in [0.25, 0.3) is 15.9 Å². The van der Waals surface area contributed by atoms with Crippen LogP contribution in [-0.2, 0) is 20.2 Å². The number of carboxylic acids is 1. The molecule has 0 radical (unpaired) electrons. The summed E-state index contributed by atoms with van der Waals surface area (Å²) in [5.41, 5.74) is -0.596. The van der Waals surface area contributed by atoms with E-state index in [0.29, 0.717) is 5.75 Å². The summed E-state index contributed by atoms with van der Waals surface area (Å²) in [4.78, 5) is 28.8. The van der Waals surface area contributed by atoms with E-state index >= 15 is 0 Å². The summed E-state index contributed by atoms with van der Waals surface area (Å²) in [5, 5.41) is 9.48. The van der Waals surface area contributed by atoms with Gasteiger partial charge in [-0.15, -0.1) is 0 Å². The molecule has 280 valence electrons. The molecule has 52 heavy (non-hydrogen) atoms. The van der Waals surface area contributed by atoms with Crippen molar-refractivity contribution in [3.05, 3.63) is 72.6 Å². The minimum Gasteiger partial charge on any atom is -0.484 e. The van der Waals surface area contributed by atoms with Gasteiger partial charge in [0.2, 0.25) is 11.6 Å². The van der Waals surface area contributed by atoms with E-state index in [9.17, 15) is 18.3 Å². The maximum atomic E-state index is 14.2. The zero-order valence-electron chi connectivity index (χ0n) is 32.2. The van der Waals surface area contributed by atoms with E-state index in [1.165, 1.54) is 12.4 Å². The quantitative estimate of drug-likeness (QED) is 0.152. The fraction of sp³-hybridized carbons (Fsp3) is 0.462. The maximum absolute atomic E-state index is 14.2. The zero-order chi connectivity index (χ0) is 38.9. The second kappa shape index (κ2) is 14.3. The Morgan fingerprint density at radius 2 is 1.27 bits per heavy atom. The molecule has 13 heteroatoms. The van der Waals surface area contributed by atoms with E-state index in [1.54, 1.807) is 42.5 Å². The normalized spacial score (nSPS) is 13.0. The minimum absolute atomic E-state index is 0.0339. The van der Waals surface area contributed by atoms with Crippen LogP contribution in [0.3, 0.4) is 0 Å². The molecule has 2 heterocycles. The number of nitrogens with zero attached hydrogens (tertiary/aromatic N) is 4. The van der Waals surface area contributed by atoms with Crippen LogP contribution in [-0.4, -0.2) is 51.6 Å². The predicted molar refractivity (Wildman–Crippen MR) is 200 cm³/mol. The maximum Gasteiger partial charge on any atom is 0.341 e. The number of ether oxygens (including phenoxy) is 3. The topological polar surface area (TPSA) is 163 Å². The molecule has 0 unspecified atom stereocenters. The lowest BCUT2D eigenvalue weighted by Crippen LogP contribution is -2.58. The molecule has 4 rings (SSSR count). The van der Waals surface area contributed by atoms with Crippen LogP contribution in [0.2, 0.25) is 0 Å². The first kappa shape index (κ1) is 40.0. The molecule has 0 aliphatic carbocycles. The molecule has 0 amide bonds. The second-order valence-corrected chi connectivity index (χ2v) is 18.4. The Morgan fingerprint density at radius 3 is 1.77 bits per heavy atom. The van der Waals surface area contributed by atoms with Crippen LogP contribution in [0.5, 0.6) is 23.1 Å². The number of benzene rings is 2. The summed E-state index contributed by atoms with van der Waals surface area (Å²) in [6.45, 7) is 24.7. The van der Waals surface area contributed by atoms with E-state index in [2.05, 4.69) is 87.0 Å². The number of aromatic nitrogens is 4. The van der Waals surface area contributed by atoms with Gasteiger partial charge in [0.15, 0.2) is 29.7 Å². The fourth-order valence-corrected chi connectivity index (χ4v) is 9.14. The van der Waals surface area contributed by atoms with E-state index in [4.69, 9.17) is 14.2 Å². The molecule has 2 N–H and O–H groups in total. The number of carbonyl (C=O) groups is 1. The van der Waals surface area contributed by atoms with Gasteiger partial charge < -0.3 is 19.3 Å². The summed E-state index contributed by atoms with van der Waals surface area (Å²) in [5.74, 6) is -1.86. The Bertz CT molecular complexity index is 1950. The summed E-state index contributed by atoms with van der Waals surface area (Å²) < 4.78 is 48.9. The van der Waals surface area contributed by atoms with Crippen LogP contribution in [0.1, 0.15) is 88.6 Å². The fourth-order valence-electron chi connectivity index (χ4n) is 8.14. The van der Waals surface area contributed by atoms with Crippen LogP contribution in [0.15, 0.2) is 71.9 Å². The summed E-state index contributed by atoms with van der Waals surface area (Å²) >= 11 is 0. The minimum atomic E-state index is -4.35. The van der Waals surface area contributed by atoms with Gasteiger partial charge in [0.05, 0.1) is 4.90 Å². The summed E-state index contributed by atoms with van der Waals surface area (Å²) in [7, 11) is -4.35. The van der Waals surface area contributed by atoms with Crippen LogP contribution in [0.4, 0.5) is 5.82 Å². The first-order chi connectivity index (χ1) is 23.9. The second-order valence-electron chi connectivity index (χ2n) is 16.7. The highest BCUT2D eigenvalue weighted by molar-refractivity contribution is 7.92. The monoisotopic (exact) mass is 733 g/mol. The summed E-state index contributed by atoms with van der Waals surface area (Å²) in [6.07, 6.45) is 2.93. The number of rotatable bonds is 11. The number of para-hydroxylation sites is 2. The predicted octanol–water partition coefficient (Wildman–Crippen LogP) is 8.54. The lowest BCUT2D eigenvalue weighted by atomic mass is 9.42. The van der Waals surface area contributed by atoms with Crippen molar-refractivity contribution in [2.45, 2.75) is 99.0 Å². The van der Waals surface area contributed by atoms with E-state index in [0.717, 1.165) is 5.56 Å². The van der Waals surface area contributed by atoms with Gasteiger partial charge in [-0.25, -0.2) is 28.2 Å². The molecule has 0 saturated heterocycles. The molecule has 4 aromatic rings. The van der Waals surface area contributed by atoms with Gasteiger partial charge in [-0.1, -0.05) is 86.6 Å². The van der Waals surface area contributed by atoms with Crippen molar-refractivity contribution in [1.29, 1.82) is 0 Å². The Kier molecular flexibility index (Phi) is 11.0. The lowest BCUT2D eigenvalue weighted by Gasteiger charge is -2.61. The number of hydrogen-bond acceptors (Lipinski definition) is 10. The highest BCUT2D eigenvalue weighted by Crippen LogP contribution is 2.62. The number of aliphatic carboxylic acids is 1. The number of sulfonamides is 1. The van der Waals surface area contributed by atoms with Crippen molar-refractivity contribution in [2.24, 2.45) is 16.2 Å². The first-order valence-corrected chi connectivity index (χ1v) is 18.5. The number of hydrogen-bond donors (Lipinski definition) is 2. The molecule has 12 nitrogen and oxygen atoms in total. The highest BCUT2D eigenvalue weighted by atomic mass is 32.2. The van der Waals surface area contributed by atoms with Crippen LogP contribution < -0.4 is 18.9 Å². The molecule has 0 atom stereocenters. The molecule has 0 fully saturated rings. The van der Waals surface area contributed by atoms with Crippen LogP contribution in [0.25, 0.3) is 11.6 Å². The standard InChI is InChI=1S/C39H51N5O7S/c1-35(2,3)39(36(4,5)6,37(7,8)9)25-18-20-26(21-19-25)52(47,48)44-31-30(50-27-16-13-14-17-28(27)51-38(10,11)12)34(49-24-29(45)46)43-33(42-31)32-40-22-15-23-41-32/h13-23H,24H2,1-12H3,(H,45,46)(H,42,43,44). The molecule has 0 aliphatic heterocycles.